The summed E-state index contributed by atoms with van der Waals surface area (Å²) in [5.74, 6) is 0. The first-order valence-corrected chi connectivity index (χ1v) is 7.71. The molecule has 0 amide bonds. The smallest absolute Gasteiger partial charge is 0.0410 e. The third kappa shape index (κ3) is 5.96. The molecule has 0 aliphatic rings. The van der Waals surface area contributed by atoms with E-state index in [1.54, 1.807) is 0 Å². The van der Waals surface area contributed by atoms with Gasteiger partial charge >= 0.3 is 0 Å². The van der Waals surface area contributed by atoms with Crippen molar-refractivity contribution in [2.75, 3.05) is 18.5 Å². The van der Waals surface area contributed by atoms with Crippen molar-refractivity contribution in [1.29, 1.82) is 0 Å². The zero-order chi connectivity index (χ0) is 14.6. The third-order valence-electron chi connectivity index (χ3n) is 2.87. The van der Waals surface area contributed by atoms with Crippen LogP contribution in [-0.4, -0.2) is 19.6 Å². The predicted molar refractivity (Wildman–Crippen MR) is 88.8 cm³/mol. The summed E-state index contributed by atoms with van der Waals surface area (Å²) in [6.45, 7) is 13.1. The lowest BCUT2D eigenvalue weighted by Gasteiger charge is -2.30. The fraction of sp³-hybridized carbons (Fsp3) is 0.625. The van der Waals surface area contributed by atoms with Gasteiger partial charge in [-0.1, -0.05) is 50.5 Å². The van der Waals surface area contributed by atoms with Crippen molar-refractivity contribution >= 4 is 21.6 Å². The van der Waals surface area contributed by atoms with Crippen molar-refractivity contribution < 1.29 is 0 Å². The predicted octanol–water partition coefficient (Wildman–Crippen LogP) is 4.43. The van der Waals surface area contributed by atoms with E-state index >= 15 is 0 Å². The molecule has 0 radical (unpaired) electrons. The number of benzene rings is 1. The van der Waals surface area contributed by atoms with Crippen molar-refractivity contribution in [1.82, 2.24) is 5.32 Å². The lowest BCUT2D eigenvalue weighted by atomic mass is 9.95. The Hall–Kier alpha value is -0.540. The van der Waals surface area contributed by atoms with Gasteiger partial charge in [0.25, 0.3) is 0 Å². The Balaban J connectivity index is 2.92. The van der Waals surface area contributed by atoms with Gasteiger partial charge in [-0.3, -0.25) is 0 Å². The second-order valence-electron chi connectivity index (χ2n) is 6.73. The van der Waals surface area contributed by atoms with Gasteiger partial charge in [0.15, 0.2) is 0 Å². The Morgan fingerprint density at radius 1 is 1.26 bits per heavy atom. The second kappa shape index (κ2) is 6.76. The Morgan fingerprint density at radius 3 is 2.42 bits per heavy atom. The van der Waals surface area contributed by atoms with Crippen molar-refractivity contribution in [3.63, 3.8) is 0 Å². The molecule has 3 heteroatoms. The topological polar surface area (TPSA) is 15.3 Å². The number of anilines is 1. The SMILES string of the molecule is CC(C)NCc1cc(Br)ccc1N(C)CC(C)(C)C. The van der Waals surface area contributed by atoms with E-state index in [1.807, 2.05) is 0 Å². The lowest BCUT2D eigenvalue weighted by molar-refractivity contribution is 0.418. The van der Waals surface area contributed by atoms with E-state index in [-0.39, 0.29) is 0 Å². The summed E-state index contributed by atoms with van der Waals surface area (Å²) in [4.78, 5) is 2.35. The first kappa shape index (κ1) is 16.5. The minimum absolute atomic E-state index is 0.296. The molecule has 1 N–H and O–H groups in total. The van der Waals surface area contributed by atoms with Gasteiger partial charge in [-0.2, -0.15) is 0 Å². The fourth-order valence-electron chi connectivity index (χ4n) is 2.18. The van der Waals surface area contributed by atoms with E-state index in [4.69, 9.17) is 0 Å². The molecule has 0 bridgehead atoms. The summed E-state index contributed by atoms with van der Waals surface area (Å²) in [5, 5.41) is 3.50. The molecule has 0 fully saturated rings. The molecule has 0 aliphatic carbocycles. The Bertz CT molecular complexity index is 408. The van der Waals surface area contributed by atoms with Crippen LogP contribution in [0.15, 0.2) is 22.7 Å². The molecule has 0 unspecified atom stereocenters. The quantitative estimate of drug-likeness (QED) is 0.861. The van der Waals surface area contributed by atoms with Crippen LogP contribution in [0.25, 0.3) is 0 Å². The normalized spacial score (nSPS) is 12.0. The average Bonchev–Trinajstić information content (AvgIpc) is 2.23. The van der Waals surface area contributed by atoms with E-state index in [0.717, 1.165) is 17.6 Å². The molecule has 1 rings (SSSR count). The van der Waals surface area contributed by atoms with Crippen molar-refractivity contribution in [3.8, 4) is 0 Å². The first-order chi connectivity index (χ1) is 8.69. The highest BCUT2D eigenvalue weighted by molar-refractivity contribution is 9.10. The summed E-state index contributed by atoms with van der Waals surface area (Å²) >= 11 is 3.57. The van der Waals surface area contributed by atoms with Crippen molar-refractivity contribution in [3.05, 3.63) is 28.2 Å². The van der Waals surface area contributed by atoms with Gasteiger partial charge in [0.05, 0.1) is 0 Å². The molecule has 108 valence electrons. The molecule has 0 aliphatic heterocycles. The molecule has 1 aromatic carbocycles. The maximum Gasteiger partial charge on any atom is 0.0410 e. The van der Waals surface area contributed by atoms with Crippen LogP contribution in [-0.2, 0) is 6.54 Å². The van der Waals surface area contributed by atoms with Gasteiger partial charge < -0.3 is 10.2 Å². The van der Waals surface area contributed by atoms with Gasteiger partial charge in [-0.15, -0.1) is 0 Å². The molecule has 0 saturated carbocycles. The van der Waals surface area contributed by atoms with E-state index < -0.39 is 0 Å². The van der Waals surface area contributed by atoms with Crippen LogP contribution in [0.4, 0.5) is 5.69 Å². The zero-order valence-corrected chi connectivity index (χ0v) is 14.6. The van der Waals surface area contributed by atoms with Crippen LogP contribution in [0.5, 0.6) is 0 Å². The van der Waals surface area contributed by atoms with Crippen LogP contribution in [0.2, 0.25) is 0 Å². The fourth-order valence-corrected chi connectivity index (χ4v) is 2.59. The summed E-state index contributed by atoms with van der Waals surface area (Å²) < 4.78 is 1.14. The highest BCUT2D eigenvalue weighted by atomic mass is 79.9. The molecule has 19 heavy (non-hydrogen) atoms. The van der Waals surface area contributed by atoms with E-state index in [9.17, 15) is 0 Å². The Kier molecular flexibility index (Phi) is 5.87. The van der Waals surface area contributed by atoms with Gasteiger partial charge in [-0.25, -0.2) is 0 Å². The minimum atomic E-state index is 0.296. The molecular weight excluding hydrogens is 300 g/mol. The van der Waals surface area contributed by atoms with Crippen LogP contribution >= 0.6 is 15.9 Å². The molecule has 0 aromatic heterocycles. The number of rotatable bonds is 5. The highest BCUT2D eigenvalue weighted by Crippen LogP contribution is 2.26. The van der Waals surface area contributed by atoms with Gasteiger partial charge in [0.1, 0.15) is 0 Å². The molecular formula is C16H27BrN2. The van der Waals surface area contributed by atoms with Gasteiger partial charge in [0.2, 0.25) is 0 Å². The number of hydrogen-bond donors (Lipinski definition) is 1. The van der Waals surface area contributed by atoms with Crippen LogP contribution in [0, 0.1) is 5.41 Å². The van der Waals surface area contributed by atoms with Crippen molar-refractivity contribution in [2.45, 2.75) is 47.2 Å². The third-order valence-corrected chi connectivity index (χ3v) is 3.36. The molecule has 0 heterocycles. The van der Waals surface area contributed by atoms with E-state index in [1.165, 1.54) is 11.3 Å². The summed E-state index contributed by atoms with van der Waals surface area (Å²) in [6, 6.07) is 7.03. The number of halogens is 1. The van der Waals surface area contributed by atoms with Crippen LogP contribution < -0.4 is 10.2 Å². The number of nitrogens with one attached hydrogen (secondary N) is 1. The summed E-state index contributed by atoms with van der Waals surface area (Å²) in [5.41, 5.74) is 2.95. The van der Waals surface area contributed by atoms with E-state index in [2.05, 4.69) is 86.0 Å². The standard InChI is InChI=1S/C16H27BrN2/c1-12(2)18-10-13-9-14(17)7-8-15(13)19(6)11-16(3,4)5/h7-9,12,18H,10-11H2,1-6H3. The van der Waals surface area contributed by atoms with Crippen LogP contribution in [0.3, 0.4) is 0 Å². The Labute approximate surface area is 126 Å². The number of hydrogen-bond acceptors (Lipinski definition) is 2. The lowest BCUT2D eigenvalue weighted by Crippen LogP contribution is -2.31. The van der Waals surface area contributed by atoms with Crippen molar-refractivity contribution in [2.24, 2.45) is 5.41 Å². The monoisotopic (exact) mass is 326 g/mol. The molecule has 1 aromatic rings. The summed E-state index contributed by atoms with van der Waals surface area (Å²) in [6.07, 6.45) is 0. The molecule has 0 spiro atoms. The second-order valence-corrected chi connectivity index (χ2v) is 7.64. The first-order valence-electron chi connectivity index (χ1n) is 6.92. The highest BCUT2D eigenvalue weighted by Gasteiger charge is 2.16. The average molecular weight is 327 g/mol. The van der Waals surface area contributed by atoms with E-state index in [0.29, 0.717) is 11.5 Å². The Morgan fingerprint density at radius 2 is 1.89 bits per heavy atom. The molecule has 0 atom stereocenters. The largest absolute Gasteiger partial charge is 0.374 e. The minimum Gasteiger partial charge on any atom is -0.374 e. The number of nitrogens with zero attached hydrogens (tertiary/aromatic N) is 1. The van der Waals surface area contributed by atoms with Gasteiger partial charge in [-0.05, 0) is 29.2 Å². The molecule has 0 saturated heterocycles. The molecule has 2 nitrogen and oxygen atoms in total. The maximum atomic E-state index is 3.57. The van der Waals surface area contributed by atoms with Crippen LogP contribution in [0.1, 0.15) is 40.2 Å². The maximum absolute atomic E-state index is 3.57. The zero-order valence-electron chi connectivity index (χ0n) is 13.0. The summed E-state index contributed by atoms with van der Waals surface area (Å²) in [7, 11) is 2.17. The van der Waals surface area contributed by atoms with Gasteiger partial charge in [0, 0.05) is 36.3 Å².